The summed E-state index contributed by atoms with van der Waals surface area (Å²) in [6.07, 6.45) is -0.170. The molecule has 154 valence electrons. The fourth-order valence-corrected chi connectivity index (χ4v) is 4.72. The Kier molecular flexibility index (Phi) is 5.62. The number of carbonyl (C=O) groups excluding carboxylic acids is 1. The van der Waals surface area contributed by atoms with Gasteiger partial charge in [-0.2, -0.15) is 4.98 Å². The molecule has 0 radical (unpaired) electrons. The van der Waals surface area contributed by atoms with E-state index < -0.39 is 23.1 Å². The van der Waals surface area contributed by atoms with Gasteiger partial charge in [0.05, 0.1) is 5.56 Å². The maximum atomic E-state index is 14.4. The number of nitrogens with zero attached hydrogens (tertiary/aromatic N) is 2. The molecule has 1 aromatic heterocycles. The Morgan fingerprint density at radius 1 is 1.23 bits per heavy atom. The summed E-state index contributed by atoms with van der Waals surface area (Å²) in [5.74, 6) is -1.93. The van der Waals surface area contributed by atoms with Crippen molar-refractivity contribution in [3.05, 3.63) is 86.2 Å². The van der Waals surface area contributed by atoms with Crippen LogP contribution in [0.15, 0.2) is 52.4 Å². The summed E-state index contributed by atoms with van der Waals surface area (Å²) < 4.78 is 29.7. The molecule has 1 amide bonds. The molecule has 5 nitrogen and oxygen atoms in total. The van der Waals surface area contributed by atoms with E-state index in [0.717, 1.165) is 23.8 Å². The highest BCUT2D eigenvalue weighted by Gasteiger charge is 2.33. The Morgan fingerprint density at radius 2 is 2.00 bits per heavy atom. The number of amides is 1. The number of hydrogen-bond donors (Lipinski definition) is 1. The fraction of sp³-hybridized carbons (Fsp3) is 0.190. The number of nitrogens with one attached hydrogen (secondary N) is 1. The fourth-order valence-electron chi connectivity index (χ4n) is 3.47. The predicted octanol–water partition coefficient (Wildman–Crippen LogP) is 4.48. The summed E-state index contributed by atoms with van der Waals surface area (Å²) in [7, 11) is 1.66. The van der Waals surface area contributed by atoms with E-state index in [1.165, 1.54) is 11.8 Å². The number of thioether (sulfide) groups is 1. The Bertz CT molecular complexity index is 1220. The highest BCUT2D eigenvalue weighted by molar-refractivity contribution is 7.98. The van der Waals surface area contributed by atoms with Crippen molar-refractivity contribution < 1.29 is 13.6 Å². The lowest BCUT2D eigenvalue weighted by atomic mass is 9.86. The molecular formula is C21H16ClF2N3O2S. The van der Waals surface area contributed by atoms with Crippen molar-refractivity contribution in [2.45, 2.75) is 23.2 Å². The molecule has 1 atom stereocenters. The van der Waals surface area contributed by atoms with Gasteiger partial charge in [-0.3, -0.25) is 9.59 Å². The summed E-state index contributed by atoms with van der Waals surface area (Å²) in [4.78, 5) is 29.3. The number of anilines is 1. The second-order valence-electron chi connectivity index (χ2n) is 6.87. The maximum absolute atomic E-state index is 14.4. The molecular weight excluding hydrogens is 432 g/mol. The van der Waals surface area contributed by atoms with Gasteiger partial charge < -0.3 is 9.88 Å². The largest absolute Gasteiger partial charge is 0.312 e. The van der Waals surface area contributed by atoms with Crippen LogP contribution < -0.4 is 10.9 Å². The summed E-state index contributed by atoms with van der Waals surface area (Å²) in [6, 6.07) is 10.3. The molecule has 1 N–H and O–H groups in total. The Labute approximate surface area is 180 Å². The zero-order valence-corrected chi connectivity index (χ0v) is 17.4. The zero-order valence-electron chi connectivity index (χ0n) is 15.8. The highest BCUT2D eigenvalue weighted by Crippen LogP contribution is 2.37. The Morgan fingerprint density at radius 3 is 2.77 bits per heavy atom. The minimum absolute atomic E-state index is 0.0403. The lowest BCUT2D eigenvalue weighted by molar-refractivity contribution is -0.116. The molecule has 9 heteroatoms. The topological polar surface area (TPSA) is 64.0 Å². The van der Waals surface area contributed by atoms with Crippen LogP contribution in [-0.4, -0.2) is 15.5 Å². The van der Waals surface area contributed by atoms with Crippen LogP contribution in [0.25, 0.3) is 0 Å². The van der Waals surface area contributed by atoms with E-state index in [1.54, 1.807) is 17.7 Å². The van der Waals surface area contributed by atoms with Crippen LogP contribution in [0.3, 0.4) is 0 Å². The maximum Gasteiger partial charge on any atom is 0.279 e. The van der Waals surface area contributed by atoms with Crippen molar-refractivity contribution in [1.82, 2.24) is 9.55 Å². The van der Waals surface area contributed by atoms with Crippen molar-refractivity contribution >= 4 is 35.1 Å². The zero-order chi connectivity index (χ0) is 21.4. The van der Waals surface area contributed by atoms with Gasteiger partial charge in [0.2, 0.25) is 5.91 Å². The molecule has 0 saturated carbocycles. The third kappa shape index (κ3) is 3.85. The summed E-state index contributed by atoms with van der Waals surface area (Å²) in [5.41, 5.74) is 0.392. The molecule has 2 aromatic carbocycles. The lowest BCUT2D eigenvalue weighted by Gasteiger charge is -2.27. The molecule has 0 aliphatic carbocycles. The molecule has 1 aliphatic heterocycles. The number of aromatic nitrogens is 2. The van der Waals surface area contributed by atoms with E-state index in [9.17, 15) is 18.4 Å². The van der Waals surface area contributed by atoms with Crippen LogP contribution in [0.5, 0.6) is 0 Å². The monoisotopic (exact) mass is 447 g/mol. The molecule has 0 spiro atoms. The van der Waals surface area contributed by atoms with E-state index in [2.05, 4.69) is 10.3 Å². The number of hydrogen-bond acceptors (Lipinski definition) is 4. The number of benzene rings is 2. The third-order valence-electron chi connectivity index (χ3n) is 4.95. The minimum Gasteiger partial charge on any atom is -0.312 e. The van der Waals surface area contributed by atoms with Gasteiger partial charge in [-0.25, -0.2) is 8.78 Å². The Balaban J connectivity index is 1.76. The van der Waals surface area contributed by atoms with Crippen LogP contribution in [-0.2, 0) is 17.6 Å². The number of carbonyl (C=O) groups is 1. The first-order valence-electron chi connectivity index (χ1n) is 9.07. The van der Waals surface area contributed by atoms with Crippen LogP contribution in [0.4, 0.5) is 14.6 Å². The van der Waals surface area contributed by atoms with E-state index >= 15 is 0 Å². The van der Waals surface area contributed by atoms with Crippen LogP contribution in [0, 0.1) is 11.6 Å². The van der Waals surface area contributed by atoms with Crippen LogP contribution in [0.1, 0.15) is 29.0 Å². The predicted molar refractivity (Wildman–Crippen MR) is 112 cm³/mol. The molecule has 3 aromatic rings. The second kappa shape index (κ2) is 8.20. The smallest absolute Gasteiger partial charge is 0.279 e. The molecule has 1 aliphatic rings. The molecule has 30 heavy (non-hydrogen) atoms. The van der Waals surface area contributed by atoms with E-state index in [0.29, 0.717) is 15.9 Å². The van der Waals surface area contributed by atoms with Gasteiger partial charge in [-0.05, 0) is 35.4 Å². The number of rotatable bonds is 4. The van der Waals surface area contributed by atoms with Crippen LogP contribution in [0.2, 0.25) is 5.02 Å². The highest BCUT2D eigenvalue weighted by atomic mass is 35.5. The summed E-state index contributed by atoms with van der Waals surface area (Å²) in [5, 5.41) is 3.66. The van der Waals surface area contributed by atoms with E-state index in [1.807, 2.05) is 18.2 Å². The average Bonchev–Trinajstić information content (AvgIpc) is 2.71. The van der Waals surface area contributed by atoms with Gasteiger partial charge in [-0.15, -0.1) is 0 Å². The van der Waals surface area contributed by atoms with Gasteiger partial charge in [0, 0.05) is 30.2 Å². The minimum atomic E-state index is -0.918. The van der Waals surface area contributed by atoms with Crippen molar-refractivity contribution in [2.75, 3.05) is 5.32 Å². The van der Waals surface area contributed by atoms with Gasteiger partial charge >= 0.3 is 0 Å². The molecule has 0 fully saturated rings. The lowest BCUT2D eigenvalue weighted by Crippen LogP contribution is -2.33. The first-order chi connectivity index (χ1) is 14.3. The third-order valence-corrected chi connectivity index (χ3v) is 6.40. The van der Waals surface area contributed by atoms with Gasteiger partial charge in [-0.1, -0.05) is 41.6 Å². The van der Waals surface area contributed by atoms with Crippen molar-refractivity contribution in [1.29, 1.82) is 0 Å². The standard InChI is InChI=1S/C21H16ClF2N3O2S/c1-27-19-18(14(9-17(28)25-19)13-8-12(23)6-7-16(13)24)20(29)26-21(27)30-10-11-4-2-3-5-15(11)22/h2-8,14H,9-10H2,1H3,(H,25,28)/t14-/m0/s1. The first kappa shape index (κ1) is 20.6. The second-order valence-corrected chi connectivity index (χ2v) is 8.22. The first-order valence-corrected chi connectivity index (χ1v) is 10.4. The molecule has 0 bridgehead atoms. The quantitative estimate of drug-likeness (QED) is 0.473. The van der Waals surface area contributed by atoms with Crippen LogP contribution >= 0.6 is 23.4 Å². The number of halogens is 3. The van der Waals surface area contributed by atoms with E-state index in [4.69, 9.17) is 11.6 Å². The normalized spacial score (nSPS) is 15.6. The molecule has 4 rings (SSSR count). The molecule has 0 unspecified atom stereocenters. The summed E-state index contributed by atoms with van der Waals surface area (Å²) in [6.45, 7) is 0. The number of fused-ring (bicyclic) bond motifs is 1. The van der Waals surface area contributed by atoms with Crippen molar-refractivity contribution in [3.8, 4) is 0 Å². The molecule has 0 saturated heterocycles. The molecule has 2 heterocycles. The summed E-state index contributed by atoms with van der Waals surface area (Å²) >= 11 is 7.47. The van der Waals surface area contributed by atoms with E-state index in [-0.39, 0.29) is 29.3 Å². The van der Waals surface area contributed by atoms with Crippen molar-refractivity contribution in [3.63, 3.8) is 0 Å². The van der Waals surface area contributed by atoms with Gasteiger partial charge in [0.1, 0.15) is 17.5 Å². The average molecular weight is 448 g/mol. The van der Waals surface area contributed by atoms with Gasteiger partial charge in [0.15, 0.2) is 5.16 Å². The van der Waals surface area contributed by atoms with Crippen molar-refractivity contribution in [2.24, 2.45) is 7.05 Å². The SMILES string of the molecule is Cn1c(SCc2ccccc2Cl)nc(=O)c2c1NC(=O)C[C@H]2c1cc(F)ccc1F. The van der Waals surface area contributed by atoms with Gasteiger partial charge in [0.25, 0.3) is 5.56 Å². The Hall–Kier alpha value is -2.71.